The van der Waals surface area contributed by atoms with Crippen LogP contribution < -0.4 is 10.7 Å². The number of nitro benzene ring substituents is 1. The van der Waals surface area contributed by atoms with Gasteiger partial charge in [-0.25, -0.2) is 5.43 Å². The third kappa shape index (κ3) is 5.37. The first-order valence-electron chi connectivity index (χ1n) is 8.30. The van der Waals surface area contributed by atoms with Gasteiger partial charge < -0.3 is 10.4 Å². The number of nitrogens with one attached hydrogen (secondary N) is 2. The standard InChI is InChI=1S/C19H20N4O5/c1-19(2,3)18(26)21-14-6-4-12(5-7-14)17(25)22-20-11-13-10-15(23(27)28)8-9-16(13)24/h4-11,24H,1-3H3,(H,21,26)(H,22,25)/b20-11+. The average molecular weight is 384 g/mol. The summed E-state index contributed by atoms with van der Waals surface area (Å²) in [4.78, 5) is 34.2. The zero-order valence-corrected chi connectivity index (χ0v) is 15.6. The molecule has 2 amide bonds. The molecule has 0 aliphatic rings. The monoisotopic (exact) mass is 384 g/mol. The van der Waals surface area contributed by atoms with Crippen LogP contribution in [0.4, 0.5) is 11.4 Å². The number of nitro groups is 1. The number of hydrazone groups is 1. The number of hydrogen-bond acceptors (Lipinski definition) is 6. The minimum Gasteiger partial charge on any atom is -0.507 e. The number of amides is 2. The number of benzene rings is 2. The summed E-state index contributed by atoms with van der Waals surface area (Å²) in [6.45, 7) is 5.38. The molecule has 9 nitrogen and oxygen atoms in total. The molecule has 2 aromatic carbocycles. The molecule has 0 heterocycles. The van der Waals surface area contributed by atoms with Gasteiger partial charge in [0.05, 0.1) is 11.1 Å². The predicted molar refractivity (Wildman–Crippen MR) is 104 cm³/mol. The van der Waals surface area contributed by atoms with Gasteiger partial charge in [0, 0.05) is 34.4 Å². The molecule has 0 spiro atoms. The first-order chi connectivity index (χ1) is 13.1. The van der Waals surface area contributed by atoms with Crippen LogP contribution in [0.15, 0.2) is 47.6 Å². The Kier molecular flexibility index (Phi) is 6.09. The van der Waals surface area contributed by atoms with E-state index < -0.39 is 16.2 Å². The second-order valence-electron chi connectivity index (χ2n) is 6.98. The van der Waals surface area contributed by atoms with Crippen molar-refractivity contribution in [1.82, 2.24) is 5.43 Å². The van der Waals surface area contributed by atoms with E-state index in [9.17, 15) is 24.8 Å². The van der Waals surface area contributed by atoms with E-state index >= 15 is 0 Å². The van der Waals surface area contributed by atoms with Gasteiger partial charge in [0.15, 0.2) is 0 Å². The summed E-state index contributed by atoms with van der Waals surface area (Å²) in [5.41, 5.74) is 2.47. The molecule has 9 heteroatoms. The lowest BCUT2D eigenvalue weighted by molar-refractivity contribution is -0.384. The first-order valence-corrected chi connectivity index (χ1v) is 8.30. The lowest BCUT2D eigenvalue weighted by Crippen LogP contribution is -2.27. The smallest absolute Gasteiger partial charge is 0.271 e. The Hall–Kier alpha value is -3.75. The van der Waals surface area contributed by atoms with E-state index in [1.165, 1.54) is 18.2 Å². The van der Waals surface area contributed by atoms with Crippen LogP contribution >= 0.6 is 0 Å². The minimum absolute atomic E-state index is 0.0924. The van der Waals surface area contributed by atoms with Gasteiger partial charge in [-0.2, -0.15) is 5.10 Å². The van der Waals surface area contributed by atoms with E-state index in [0.29, 0.717) is 11.3 Å². The van der Waals surface area contributed by atoms with Crippen LogP contribution in [-0.4, -0.2) is 28.1 Å². The van der Waals surface area contributed by atoms with Crippen LogP contribution in [0.3, 0.4) is 0 Å². The van der Waals surface area contributed by atoms with Crippen molar-refractivity contribution < 1.29 is 19.6 Å². The third-order valence-electron chi connectivity index (χ3n) is 3.68. The average Bonchev–Trinajstić information content (AvgIpc) is 2.62. The molecule has 146 valence electrons. The van der Waals surface area contributed by atoms with E-state index in [0.717, 1.165) is 18.3 Å². The van der Waals surface area contributed by atoms with Crippen molar-refractivity contribution in [2.75, 3.05) is 5.32 Å². The van der Waals surface area contributed by atoms with Gasteiger partial charge >= 0.3 is 0 Å². The molecular weight excluding hydrogens is 364 g/mol. The van der Waals surface area contributed by atoms with Crippen molar-refractivity contribution in [1.29, 1.82) is 0 Å². The summed E-state index contributed by atoms with van der Waals surface area (Å²) < 4.78 is 0. The molecule has 0 saturated heterocycles. The number of non-ortho nitro benzene ring substituents is 1. The second kappa shape index (κ2) is 8.30. The molecule has 0 saturated carbocycles. The highest BCUT2D eigenvalue weighted by Crippen LogP contribution is 2.21. The van der Waals surface area contributed by atoms with E-state index in [1.54, 1.807) is 32.9 Å². The van der Waals surface area contributed by atoms with Gasteiger partial charge in [-0.15, -0.1) is 0 Å². The maximum atomic E-state index is 12.1. The Morgan fingerprint density at radius 2 is 1.79 bits per heavy atom. The summed E-state index contributed by atoms with van der Waals surface area (Å²) in [7, 11) is 0. The number of hydrogen-bond donors (Lipinski definition) is 3. The molecule has 2 aromatic rings. The van der Waals surface area contributed by atoms with Crippen molar-refractivity contribution in [3.63, 3.8) is 0 Å². The number of carbonyl (C=O) groups excluding carboxylic acids is 2. The molecule has 0 unspecified atom stereocenters. The van der Waals surface area contributed by atoms with Crippen LogP contribution in [0.5, 0.6) is 5.75 Å². The number of aromatic hydroxyl groups is 1. The summed E-state index contributed by atoms with van der Waals surface area (Å²) in [5.74, 6) is -0.872. The molecule has 2 rings (SSSR count). The predicted octanol–water partition coefficient (Wildman–Crippen LogP) is 3.05. The largest absolute Gasteiger partial charge is 0.507 e. The molecular formula is C19H20N4O5. The van der Waals surface area contributed by atoms with Crippen molar-refractivity contribution >= 4 is 29.4 Å². The lowest BCUT2D eigenvalue weighted by Gasteiger charge is -2.17. The first kappa shape index (κ1) is 20.6. The number of rotatable bonds is 5. The Balaban J connectivity index is 2.02. The van der Waals surface area contributed by atoms with Crippen molar-refractivity contribution in [2.24, 2.45) is 10.5 Å². The maximum absolute atomic E-state index is 12.1. The van der Waals surface area contributed by atoms with Crippen molar-refractivity contribution in [3.05, 3.63) is 63.7 Å². The molecule has 0 aromatic heterocycles. The highest BCUT2D eigenvalue weighted by Gasteiger charge is 2.21. The van der Waals surface area contributed by atoms with E-state index in [1.807, 2.05) is 0 Å². The van der Waals surface area contributed by atoms with Crippen LogP contribution in [0.25, 0.3) is 0 Å². The topological polar surface area (TPSA) is 134 Å². The van der Waals surface area contributed by atoms with E-state index in [-0.39, 0.29) is 22.9 Å². The second-order valence-corrected chi connectivity index (χ2v) is 6.98. The quantitative estimate of drug-likeness (QED) is 0.414. The van der Waals surface area contributed by atoms with E-state index in [4.69, 9.17) is 0 Å². The molecule has 0 aliphatic carbocycles. The third-order valence-corrected chi connectivity index (χ3v) is 3.68. The zero-order chi connectivity index (χ0) is 20.9. The molecule has 3 N–H and O–H groups in total. The molecule has 0 radical (unpaired) electrons. The maximum Gasteiger partial charge on any atom is 0.271 e. The van der Waals surface area contributed by atoms with Gasteiger partial charge in [0.2, 0.25) is 5.91 Å². The molecule has 0 aliphatic heterocycles. The zero-order valence-electron chi connectivity index (χ0n) is 15.6. The van der Waals surface area contributed by atoms with Gasteiger partial charge in [0.25, 0.3) is 11.6 Å². The van der Waals surface area contributed by atoms with Crippen molar-refractivity contribution in [2.45, 2.75) is 20.8 Å². The van der Waals surface area contributed by atoms with E-state index in [2.05, 4.69) is 15.8 Å². The summed E-state index contributed by atoms with van der Waals surface area (Å²) in [6, 6.07) is 9.69. The molecule has 0 fully saturated rings. The summed E-state index contributed by atoms with van der Waals surface area (Å²) in [6.07, 6.45) is 1.11. The number of nitrogens with zero attached hydrogens (tertiary/aromatic N) is 2. The van der Waals surface area contributed by atoms with Crippen LogP contribution in [0, 0.1) is 15.5 Å². The number of phenols is 1. The fraction of sp³-hybridized carbons (Fsp3) is 0.211. The summed E-state index contributed by atoms with van der Waals surface area (Å²) in [5, 5.41) is 26.9. The highest BCUT2D eigenvalue weighted by molar-refractivity contribution is 5.97. The Bertz CT molecular complexity index is 930. The van der Waals surface area contributed by atoms with Gasteiger partial charge in [0.1, 0.15) is 5.75 Å². The lowest BCUT2D eigenvalue weighted by atomic mass is 9.95. The van der Waals surface area contributed by atoms with Crippen LogP contribution in [0.2, 0.25) is 0 Å². The summed E-state index contributed by atoms with van der Waals surface area (Å²) >= 11 is 0. The van der Waals surface area contributed by atoms with Crippen LogP contribution in [-0.2, 0) is 4.79 Å². The molecule has 28 heavy (non-hydrogen) atoms. The number of phenolic OH excluding ortho intramolecular Hbond substituents is 1. The normalized spacial score (nSPS) is 11.2. The number of anilines is 1. The minimum atomic E-state index is -0.602. The SMILES string of the molecule is CC(C)(C)C(=O)Nc1ccc(C(=O)N/N=C/c2cc([N+](=O)[O-])ccc2O)cc1. The Labute approximate surface area is 161 Å². The van der Waals surface area contributed by atoms with Gasteiger partial charge in [-0.05, 0) is 30.3 Å². The van der Waals surface area contributed by atoms with Gasteiger partial charge in [-0.1, -0.05) is 20.8 Å². The van der Waals surface area contributed by atoms with Gasteiger partial charge in [-0.3, -0.25) is 19.7 Å². The highest BCUT2D eigenvalue weighted by atomic mass is 16.6. The fourth-order valence-electron chi connectivity index (χ4n) is 2.01. The molecule has 0 bridgehead atoms. The number of carbonyl (C=O) groups is 2. The Morgan fingerprint density at radius 1 is 1.14 bits per heavy atom. The fourth-order valence-corrected chi connectivity index (χ4v) is 2.01. The van der Waals surface area contributed by atoms with Crippen molar-refractivity contribution in [3.8, 4) is 5.75 Å². The molecule has 0 atom stereocenters. The Morgan fingerprint density at radius 3 is 2.36 bits per heavy atom. The van der Waals surface area contributed by atoms with Crippen LogP contribution in [0.1, 0.15) is 36.7 Å².